The number of aliphatic carboxylic acids is 1. The van der Waals surface area contributed by atoms with Gasteiger partial charge in [-0.25, -0.2) is 4.79 Å². The van der Waals surface area contributed by atoms with E-state index in [-0.39, 0.29) is 42.9 Å². The van der Waals surface area contributed by atoms with E-state index in [0.717, 1.165) is 76.9 Å². The fourth-order valence-corrected chi connectivity index (χ4v) is 7.87. The number of imidazole rings is 1. The maximum atomic E-state index is 12.9. The maximum Gasteiger partial charge on any atom is 0.326 e. The van der Waals surface area contributed by atoms with Gasteiger partial charge in [0.15, 0.2) is 6.29 Å². The number of carbonyl (C=O) groups excluding carboxylic acids is 1. The van der Waals surface area contributed by atoms with Crippen molar-refractivity contribution in [1.29, 1.82) is 0 Å². The van der Waals surface area contributed by atoms with Crippen LogP contribution in [0.1, 0.15) is 92.1 Å². The van der Waals surface area contributed by atoms with Gasteiger partial charge in [-0.05, 0) is 77.8 Å². The molecule has 7 rings (SSSR count). The Bertz CT molecular complexity index is 2120. The van der Waals surface area contributed by atoms with E-state index >= 15 is 0 Å². The van der Waals surface area contributed by atoms with Crippen LogP contribution in [0.25, 0.3) is 22.2 Å². The summed E-state index contributed by atoms with van der Waals surface area (Å²) in [5, 5.41) is 21.4. The van der Waals surface area contributed by atoms with Crippen molar-refractivity contribution in [3.63, 3.8) is 0 Å². The lowest BCUT2D eigenvalue weighted by Gasteiger charge is -2.40. The van der Waals surface area contributed by atoms with Gasteiger partial charge in [0.25, 0.3) is 0 Å². The van der Waals surface area contributed by atoms with Crippen LogP contribution in [0.3, 0.4) is 0 Å². The molecule has 2 saturated heterocycles. The SMILES string of the molecule is O=C(O)CCCCCC(=O)NCc1cccc(-c2cccc(C3OC(CN4CCC(n5c(=O)[nH]c6ccccc65)CC4)CC(c4ccc(CO)cc4)O3)c2)c1. The fourth-order valence-electron chi connectivity index (χ4n) is 7.87. The molecular formula is C44H50N4O7. The number of hydrogen-bond acceptors (Lipinski definition) is 7. The number of aromatic amines is 1. The summed E-state index contributed by atoms with van der Waals surface area (Å²) in [5.74, 6) is -0.850. The minimum atomic E-state index is -0.807. The molecule has 3 atom stereocenters. The average molecular weight is 747 g/mol. The molecule has 55 heavy (non-hydrogen) atoms. The fraction of sp³-hybridized carbons (Fsp3) is 0.386. The van der Waals surface area contributed by atoms with Crippen LogP contribution < -0.4 is 11.0 Å². The van der Waals surface area contributed by atoms with Gasteiger partial charge >= 0.3 is 11.7 Å². The lowest BCUT2D eigenvalue weighted by Crippen LogP contribution is -2.43. The topological polar surface area (TPSA) is 146 Å². The second-order valence-corrected chi connectivity index (χ2v) is 14.8. The molecular weight excluding hydrogens is 697 g/mol. The maximum absolute atomic E-state index is 12.9. The minimum Gasteiger partial charge on any atom is -0.481 e. The molecule has 1 aromatic heterocycles. The molecule has 11 nitrogen and oxygen atoms in total. The van der Waals surface area contributed by atoms with Crippen LogP contribution >= 0.6 is 0 Å². The third-order valence-electron chi connectivity index (χ3n) is 10.8. The highest BCUT2D eigenvalue weighted by atomic mass is 16.7. The predicted octanol–water partition coefficient (Wildman–Crippen LogP) is 7.02. The summed E-state index contributed by atoms with van der Waals surface area (Å²) in [6.45, 7) is 2.85. The number of aromatic nitrogens is 2. The molecule has 1 amide bonds. The lowest BCUT2D eigenvalue weighted by molar-refractivity contribution is -0.253. The van der Waals surface area contributed by atoms with E-state index in [9.17, 15) is 19.5 Å². The summed E-state index contributed by atoms with van der Waals surface area (Å²) in [6.07, 6.45) is 4.01. The summed E-state index contributed by atoms with van der Waals surface area (Å²) in [4.78, 5) is 41.5. The Balaban J connectivity index is 1.02. The van der Waals surface area contributed by atoms with Crippen LogP contribution in [0.4, 0.5) is 0 Å². The van der Waals surface area contributed by atoms with Gasteiger partial charge in [0.2, 0.25) is 5.91 Å². The number of hydrogen-bond donors (Lipinski definition) is 4. The summed E-state index contributed by atoms with van der Waals surface area (Å²) in [7, 11) is 0. The van der Waals surface area contributed by atoms with Gasteiger partial charge < -0.3 is 34.9 Å². The minimum absolute atomic E-state index is 0.0165. The number of ether oxygens (including phenoxy) is 2. The number of aliphatic hydroxyl groups excluding tert-OH is 1. The molecule has 4 aromatic carbocycles. The number of amides is 1. The number of carbonyl (C=O) groups is 2. The Morgan fingerprint density at radius 1 is 0.800 bits per heavy atom. The van der Waals surface area contributed by atoms with E-state index in [1.54, 1.807) is 0 Å². The quantitative estimate of drug-likeness (QED) is 0.0837. The van der Waals surface area contributed by atoms with Crippen molar-refractivity contribution < 1.29 is 29.3 Å². The molecule has 0 aliphatic carbocycles. The molecule has 5 aromatic rings. The number of H-pyrrole nitrogens is 1. The average Bonchev–Trinajstić information content (AvgIpc) is 3.55. The zero-order valence-corrected chi connectivity index (χ0v) is 31.1. The number of carboxylic acid groups (broad SMARTS) is 1. The van der Waals surface area contributed by atoms with E-state index in [2.05, 4.69) is 39.5 Å². The van der Waals surface area contributed by atoms with Crippen molar-refractivity contribution in [1.82, 2.24) is 19.8 Å². The van der Waals surface area contributed by atoms with Crippen molar-refractivity contribution in [2.24, 2.45) is 0 Å². The first-order chi connectivity index (χ1) is 26.8. The Kier molecular flexibility index (Phi) is 12.5. The van der Waals surface area contributed by atoms with Gasteiger partial charge in [0.05, 0.1) is 29.8 Å². The Hall–Kier alpha value is -5.07. The van der Waals surface area contributed by atoms with Crippen LogP contribution in [-0.4, -0.2) is 62.3 Å². The molecule has 2 fully saturated rings. The van der Waals surface area contributed by atoms with Crippen molar-refractivity contribution in [3.05, 3.63) is 130 Å². The highest BCUT2D eigenvalue weighted by Crippen LogP contribution is 2.39. The van der Waals surface area contributed by atoms with E-state index < -0.39 is 12.3 Å². The van der Waals surface area contributed by atoms with Gasteiger partial charge in [0, 0.05) is 57.0 Å². The van der Waals surface area contributed by atoms with E-state index in [1.165, 1.54) is 0 Å². The number of nitrogens with zero attached hydrogens (tertiary/aromatic N) is 2. The zero-order valence-electron chi connectivity index (χ0n) is 31.1. The predicted molar refractivity (Wildman–Crippen MR) is 210 cm³/mol. The molecule has 288 valence electrons. The molecule has 2 aliphatic rings. The monoisotopic (exact) mass is 746 g/mol. The normalized spacial score (nSPS) is 19.4. The molecule has 4 N–H and O–H groups in total. The lowest BCUT2D eigenvalue weighted by atomic mass is 9.97. The number of carboxylic acids is 1. The van der Waals surface area contributed by atoms with Gasteiger partial charge in [-0.15, -0.1) is 0 Å². The summed E-state index contributed by atoms with van der Waals surface area (Å²) in [5.41, 5.74) is 7.59. The highest BCUT2D eigenvalue weighted by molar-refractivity contribution is 5.76. The van der Waals surface area contributed by atoms with Crippen LogP contribution in [0.5, 0.6) is 0 Å². The number of fused-ring (bicyclic) bond motifs is 1. The van der Waals surface area contributed by atoms with E-state index in [1.807, 2.05) is 77.4 Å². The number of para-hydroxylation sites is 2. The largest absolute Gasteiger partial charge is 0.481 e. The van der Waals surface area contributed by atoms with Gasteiger partial charge in [0.1, 0.15) is 0 Å². The van der Waals surface area contributed by atoms with Crippen LogP contribution in [0.2, 0.25) is 0 Å². The molecule has 0 bridgehead atoms. The second-order valence-electron chi connectivity index (χ2n) is 14.8. The number of unbranched alkanes of at least 4 members (excludes halogenated alkanes) is 2. The van der Waals surface area contributed by atoms with Crippen molar-refractivity contribution in [3.8, 4) is 11.1 Å². The highest BCUT2D eigenvalue weighted by Gasteiger charge is 2.34. The summed E-state index contributed by atoms with van der Waals surface area (Å²) < 4.78 is 15.4. The van der Waals surface area contributed by atoms with Gasteiger partial charge in [-0.3, -0.25) is 14.2 Å². The first-order valence-corrected chi connectivity index (χ1v) is 19.4. The Morgan fingerprint density at radius 3 is 2.33 bits per heavy atom. The van der Waals surface area contributed by atoms with Crippen molar-refractivity contribution >= 4 is 22.9 Å². The smallest absolute Gasteiger partial charge is 0.326 e. The van der Waals surface area contributed by atoms with Crippen LogP contribution in [0.15, 0.2) is 102 Å². The van der Waals surface area contributed by atoms with E-state index in [4.69, 9.17) is 14.6 Å². The molecule has 3 heterocycles. The number of nitrogens with one attached hydrogen (secondary N) is 2. The number of likely N-dealkylation sites (tertiary alicyclic amines) is 1. The zero-order chi connectivity index (χ0) is 38.1. The first-order valence-electron chi connectivity index (χ1n) is 19.4. The van der Waals surface area contributed by atoms with Gasteiger partial charge in [-0.2, -0.15) is 0 Å². The number of rotatable bonds is 15. The Morgan fingerprint density at radius 2 is 1.55 bits per heavy atom. The molecule has 0 radical (unpaired) electrons. The number of aliphatic hydroxyl groups is 1. The van der Waals surface area contributed by atoms with Crippen molar-refractivity contribution in [2.75, 3.05) is 19.6 Å². The second kappa shape index (κ2) is 18.0. The van der Waals surface area contributed by atoms with Crippen LogP contribution in [0, 0.1) is 0 Å². The first kappa shape index (κ1) is 38.2. The van der Waals surface area contributed by atoms with E-state index in [0.29, 0.717) is 38.6 Å². The molecule has 3 unspecified atom stereocenters. The summed E-state index contributed by atoms with van der Waals surface area (Å²) >= 11 is 0. The van der Waals surface area contributed by atoms with Gasteiger partial charge in [-0.1, -0.05) is 79.2 Å². The van der Waals surface area contributed by atoms with Crippen molar-refractivity contribution in [2.45, 2.75) is 89.1 Å². The molecule has 2 aliphatic heterocycles. The summed E-state index contributed by atoms with van der Waals surface area (Å²) in [6, 6.07) is 32.3. The molecule has 0 saturated carbocycles. The number of piperidine rings is 1. The third kappa shape index (κ3) is 9.79. The number of benzene rings is 4. The molecule has 0 spiro atoms. The van der Waals surface area contributed by atoms with Crippen LogP contribution in [-0.2, 0) is 32.2 Å². The Labute approximate surface area is 320 Å². The third-order valence-corrected chi connectivity index (χ3v) is 10.8. The molecule has 11 heteroatoms. The standard InChI is InChI=1S/C44H50N4O7/c49-29-30-16-18-32(19-17-30)40-26-37(28-47-22-20-36(21-23-47)48-39-13-5-4-12-38(39)46-44(48)53)54-43(55-40)35-11-7-10-34(25-35)33-9-6-8-31(24-33)27-45-41(50)14-2-1-3-15-42(51)52/h4-13,16-19,24-25,36-37,40,43,49H,1-3,14-15,20-23,26-29H2,(H,45,50)(H,46,53)(H,51,52).